The number of ether oxygens (including phenoxy) is 2. The maximum absolute atomic E-state index is 12.4. The van der Waals surface area contributed by atoms with Crippen molar-refractivity contribution >= 4 is 17.6 Å². The third kappa shape index (κ3) is 5.63. The van der Waals surface area contributed by atoms with E-state index in [1.807, 2.05) is 44.2 Å². The van der Waals surface area contributed by atoms with Gasteiger partial charge in [-0.25, -0.2) is 4.79 Å². The molecular weight excluding hydrogens is 370 g/mol. The van der Waals surface area contributed by atoms with E-state index in [0.29, 0.717) is 49.9 Å². The summed E-state index contributed by atoms with van der Waals surface area (Å²) in [6.45, 7) is 5.87. The first-order valence-electron chi connectivity index (χ1n) is 9.88. The molecule has 7 nitrogen and oxygen atoms in total. The largest absolute Gasteiger partial charge is 0.490 e. The van der Waals surface area contributed by atoms with E-state index >= 15 is 0 Å². The van der Waals surface area contributed by atoms with Crippen molar-refractivity contribution in [3.8, 4) is 11.5 Å². The highest BCUT2D eigenvalue weighted by atomic mass is 16.5. The fourth-order valence-corrected chi connectivity index (χ4v) is 3.31. The Morgan fingerprint density at radius 2 is 1.79 bits per heavy atom. The molecule has 3 rings (SSSR count). The molecule has 1 unspecified atom stereocenters. The van der Waals surface area contributed by atoms with E-state index in [9.17, 15) is 9.59 Å². The first kappa shape index (κ1) is 20.5. The Bertz CT molecular complexity index is 841. The molecule has 7 heteroatoms. The van der Waals surface area contributed by atoms with Gasteiger partial charge in [0.2, 0.25) is 5.91 Å². The number of rotatable bonds is 8. The van der Waals surface area contributed by atoms with Crippen molar-refractivity contribution in [3.63, 3.8) is 0 Å². The zero-order valence-electron chi connectivity index (χ0n) is 16.8. The molecule has 0 radical (unpaired) electrons. The van der Waals surface area contributed by atoms with Crippen LogP contribution in [0.3, 0.4) is 0 Å². The van der Waals surface area contributed by atoms with E-state index in [-0.39, 0.29) is 18.0 Å². The van der Waals surface area contributed by atoms with Crippen molar-refractivity contribution in [3.05, 3.63) is 54.1 Å². The number of benzene rings is 2. The van der Waals surface area contributed by atoms with Gasteiger partial charge < -0.3 is 25.0 Å². The third-order valence-electron chi connectivity index (χ3n) is 4.57. The van der Waals surface area contributed by atoms with E-state index in [4.69, 9.17) is 9.47 Å². The molecule has 2 N–H and O–H groups in total. The van der Waals surface area contributed by atoms with E-state index < -0.39 is 0 Å². The van der Waals surface area contributed by atoms with Crippen LogP contribution in [0.15, 0.2) is 48.5 Å². The molecule has 0 bridgehead atoms. The molecule has 3 amide bonds. The van der Waals surface area contributed by atoms with Crippen molar-refractivity contribution in [1.29, 1.82) is 0 Å². The van der Waals surface area contributed by atoms with Gasteiger partial charge in [0.05, 0.1) is 19.3 Å². The number of urea groups is 1. The van der Waals surface area contributed by atoms with Gasteiger partial charge in [-0.1, -0.05) is 30.3 Å². The Hall–Kier alpha value is -3.22. The lowest BCUT2D eigenvalue weighted by molar-refractivity contribution is -0.128. The molecule has 154 valence electrons. The van der Waals surface area contributed by atoms with Crippen LogP contribution < -0.4 is 20.1 Å². The zero-order valence-corrected chi connectivity index (χ0v) is 16.8. The van der Waals surface area contributed by atoms with Crippen LogP contribution in [0, 0.1) is 0 Å². The van der Waals surface area contributed by atoms with Crippen LogP contribution in [0.5, 0.6) is 11.5 Å². The van der Waals surface area contributed by atoms with Gasteiger partial charge in [0.15, 0.2) is 11.5 Å². The van der Waals surface area contributed by atoms with Crippen LogP contribution in [-0.4, -0.2) is 42.6 Å². The van der Waals surface area contributed by atoms with Crippen LogP contribution in [0.4, 0.5) is 10.5 Å². The Labute approximate surface area is 171 Å². The molecule has 0 spiro atoms. The molecule has 2 aromatic rings. The van der Waals surface area contributed by atoms with Crippen LogP contribution in [0.1, 0.15) is 25.8 Å². The number of hydrogen-bond acceptors (Lipinski definition) is 4. The summed E-state index contributed by atoms with van der Waals surface area (Å²) in [6, 6.07) is 14.5. The summed E-state index contributed by atoms with van der Waals surface area (Å²) in [4.78, 5) is 26.4. The molecule has 1 aliphatic rings. The SMILES string of the molecule is CCOc1ccc(NC(=O)NC2CC(=O)N(Cc3ccccc3)C2)cc1OCC. The predicted octanol–water partition coefficient (Wildman–Crippen LogP) is 3.41. The van der Waals surface area contributed by atoms with Crippen molar-refractivity contribution in [2.75, 3.05) is 25.1 Å². The lowest BCUT2D eigenvalue weighted by Crippen LogP contribution is -2.39. The number of nitrogens with one attached hydrogen (secondary N) is 2. The summed E-state index contributed by atoms with van der Waals surface area (Å²) >= 11 is 0. The fourth-order valence-electron chi connectivity index (χ4n) is 3.31. The average molecular weight is 397 g/mol. The minimum atomic E-state index is -0.351. The van der Waals surface area contributed by atoms with Gasteiger partial charge >= 0.3 is 6.03 Å². The highest BCUT2D eigenvalue weighted by molar-refractivity contribution is 5.91. The monoisotopic (exact) mass is 397 g/mol. The third-order valence-corrected chi connectivity index (χ3v) is 4.57. The standard InChI is InChI=1S/C22H27N3O4/c1-3-28-19-11-10-17(12-20(19)29-4-2)23-22(27)24-18-13-21(26)25(15-18)14-16-8-6-5-7-9-16/h5-12,18H,3-4,13-15H2,1-2H3,(H2,23,24,27). The average Bonchev–Trinajstić information content (AvgIpc) is 3.03. The molecule has 0 saturated carbocycles. The quantitative estimate of drug-likeness (QED) is 0.715. The summed E-state index contributed by atoms with van der Waals surface area (Å²) < 4.78 is 11.1. The van der Waals surface area contributed by atoms with Gasteiger partial charge in [0.25, 0.3) is 0 Å². The minimum Gasteiger partial charge on any atom is -0.490 e. The molecule has 1 heterocycles. The second kappa shape index (κ2) is 9.82. The van der Waals surface area contributed by atoms with E-state index in [1.165, 1.54) is 0 Å². The van der Waals surface area contributed by atoms with Crippen LogP contribution >= 0.6 is 0 Å². The normalized spacial score (nSPS) is 15.9. The van der Waals surface area contributed by atoms with E-state index in [2.05, 4.69) is 10.6 Å². The molecule has 2 aromatic carbocycles. The summed E-state index contributed by atoms with van der Waals surface area (Å²) in [7, 11) is 0. The molecule has 1 saturated heterocycles. The van der Waals surface area contributed by atoms with Crippen LogP contribution in [-0.2, 0) is 11.3 Å². The molecular formula is C22H27N3O4. The summed E-state index contributed by atoms with van der Waals surface area (Å²) in [5, 5.41) is 5.68. The second-order valence-electron chi connectivity index (χ2n) is 6.79. The smallest absolute Gasteiger partial charge is 0.319 e. The molecule has 29 heavy (non-hydrogen) atoms. The van der Waals surface area contributed by atoms with E-state index in [1.54, 1.807) is 23.1 Å². The maximum Gasteiger partial charge on any atom is 0.319 e. The van der Waals surface area contributed by atoms with Gasteiger partial charge in [-0.2, -0.15) is 0 Å². The van der Waals surface area contributed by atoms with Gasteiger partial charge in [0.1, 0.15) is 0 Å². The minimum absolute atomic E-state index is 0.0406. The lowest BCUT2D eigenvalue weighted by atomic mass is 10.2. The highest BCUT2D eigenvalue weighted by Gasteiger charge is 2.30. The Kier molecular flexibility index (Phi) is 6.94. The molecule has 1 atom stereocenters. The second-order valence-corrected chi connectivity index (χ2v) is 6.79. The molecule has 1 fully saturated rings. The number of amides is 3. The number of hydrogen-bond donors (Lipinski definition) is 2. The number of nitrogens with zero attached hydrogens (tertiary/aromatic N) is 1. The fraction of sp³-hybridized carbons (Fsp3) is 0.364. The first-order valence-corrected chi connectivity index (χ1v) is 9.88. The van der Waals surface area contributed by atoms with E-state index in [0.717, 1.165) is 5.56 Å². The number of likely N-dealkylation sites (tertiary alicyclic amines) is 1. The molecule has 1 aliphatic heterocycles. The highest BCUT2D eigenvalue weighted by Crippen LogP contribution is 2.30. The van der Waals surface area contributed by atoms with Crippen molar-refractivity contribution in [2.45, 2.75) is 32.9 Å². The summed E-state index contributed by atoms with van der Waals surface area (Å²) in [6.07, 6.45) is 0.299. The van der Waals surface area contributed by atoms with Gasteiger partial charge in [-0.3, -0.25) is 4.79 Å². The molecule has 0 aromatic heterocycles. The van der Waals surface area contributed by atoms with Crippen molar-refractivity contribution in [1.82, 2.24) is 10.2 Å². The molecule has 0 aliphatic carbocycles. The van der Waals surface area contributed by atoms with Gasteiger partial charge in [0, 0.05) is 31.3 Å². The van der Waals surface area contributed by atoms with Crippen molar-refractivity contribution in [2.24, 2.45) is 0 Å². The topological polar surface area (TPSA) is 79.9 Å². The summed E-state index contributed by atoms with van der Waals surface area (Å²) in [5.41, 5.74) is 1.67. The van der Waals surface area contributed by atoms with Gasteiger partial charge in [-0.05, 0) is 31.5 Å². The Morgan fingerprint density at radius 3 is 2.52 bits per heavy atom. The van der Waals surface area contributed by atoms with Crippen molar-refractivity contribution < 1.29 is 19.1 Å². The Balaban J connectivity index is 1.55. The lowest BCUT2D eigenvalue weighted by Gasteiger charge is -2.18. The van der Waals surface area contributed by atoms with Crippen LogP contribution in [0.2, 0.25) is 0 Å². The maximum atomic E-state index is 12.4. The first-order chi connectivity index (χ1) is 14.1. The van der Waals surface area contributed by atoms with Crippen LogP contribution in [0.25, 0.3) is 0 Å². The van der Waals surface area contributed by atoms with Gasteiger partial charge in [-0.15, -0.1) is 0 Å². The number of anilines is 1. The predicted molar refractivity (Wildman–Crippen MR) is 111 cm³/mol. The Morgan fingerprint density at radius 1 is 1.07 bits per heavy atom. The summed E-state index contributed by atoms with van der Waals surface area (Å²) in [5.74, 6) is 1.26. The zero-order chi connectivity index (χ0) is 20.6. The number of carbonyl (C=O) groups excluding carboxylic acids is 2. The number of carbonyl (C=O) groups is 2.